The fourth-order valence-electron chi connectivity index (χ4n) is 6.13. The van der Waals surface area contributed by atoms with Crippen LogP contribution in [0.1, 0.15) is 71.4 Å². The van der Waals surface area contributed by atoms with Gasteiger partial charge in [-0.3, -0.25) is 4.90 Å². The van der Waals surface area contributed by atoms with Crippen LogP contribution in [-0.2, 0) is 39.8 Å². The maximum absolute atomic E-state index is 14.0. The number of cyclic esters (lactones) is 1. The summed E-state index contributed by atoms with van der Waals surface area (Å²) < 4.78 is 129. The van der Waals surface area contributed by atoms with Crippen LogP contribution in [0, 0.1) is 6.92 Å². The molecule has 0 unspecified atom stereocenters. The van der Waals surface area contributed by atoms with E-state index in [9.17, 15) is 49.4 Å². The molecule has 0 bridgehead atoms. The number of aryl methyl sites for hydroxylation is 1. The van der Waals surface area contributed by atoms with Crippen LogP contribution < -0.4 is 0 Å². The summed E-state index contributed by atoms with van der Waals surface area (Å²) in [6.45, 7) is 6.01. The van der Waals surface area contributed by atoms with Crippen molar-refractivity contribution in [2.45, 2.75) is 74.9 Å². The van der Waals surface area contributed by atoms with E-state index in [1.807, 2.05) is 37.3 Å². The highest BCUT2D eigenvalue weighted by atomic mass is 127. The number of carbonyl (C=O) groups excluding carboxylic acids is 1. The van der Waals surface area contributed by atoms with Crippen molar-refractivity contribution in [2.24, 2.45) is 0 Å². The van der Waals surface area contributed by atoms with Gasteiger partial charge in [0.2, 0.25) is 0 Å². The number of hydrogen-bond acceptors (Lipinski definition) is 3. The standard InChI is InChI=1S/C37H31F9INO3/c1-19-11-25(34(3,4)50)7-9-29(19)21-5-6-22(17-47)31(15-21)30-10-8-26(35(38,39)40)14-24(30)18-48-20(2)32(51-33(48)49)23-12-27(36(41,42)43)16-28(13-23)37(44,45)46/h5-16,20,32,50H,17-18H2,1-4H3/t20-,32-/m0/s1. The lowest BCUT2D eigenvalue weighted by Crippen LogP contribution is -2.32. The Morgan fingerprint density at radius 1 is 0.706 bits per heavy atom. The number of nitrogens with zero attached hydrogens (tertiary/aromatic N) is 1. The van der Waals surface area contributed by atoms with E-state index < -0.39 is 71.2 Å². The van der Waals surface area contributed by atoms with E-state index in [1.165, 1.54) is 13.0 Å². The monoisotopic (exact) mass is 835 g/mol. The minimum atomic E-state index is -5.14. The Kier molecular flexibility index (Phi) is 10.3. The third-order valence-corrected chi connectivity index (χ3v) is 9.71. The van der Waals surface area contributed by atoms with Crippen LogP contribution in [0.15, 0.2) is 72.8 Å². The molecule has 4 aromatic rings. The van der Waals surface area contributed by atoms with E-state index >= 15 is 0 Å². The van der Waals surface area contributed by atoms with Gasteiger partial charge in [0.1, 0.15) is 6.10 Å². The zero-order valence-electron chi connectivity index (χ0n) is 27.5. The topological polar surface area (TPSA) is 49.8 Å². The molecule has 0 radical (unpaired) electrons. The largest absolute Gasteiger partial charge is 0.439 e. The van der Waals surface area contributed by atoms with Gasteiger partial charge in [-0.15, -0.1) is 0 Å². The molecule has 1 saturated heterocycles. The Balaban J connectivity index is 1.59. The lowest BCUT2D eigenvalue weighted by molar-refractivity contribution is -0.143. The predicted molar refractivity (Wildman–Crippen MR) is 181 cm³/mol. The molecule has 1 aliphatic rings. The van der Waals surface area contributed by atoms with Crippen molar-refractivity contribution in [3.05, 3.63) is 117 Å². The Morgan fingerprint density at radius 3 is 1.80 bits per heavy atom. The fourth-order valence-corrected chi connectivity index (χ4v) is 6.79. The van der Waals surface area contributed by atoms with Crippen molar-refractivity contribution in [3.63, 3.8) is 0 Å². The molecule has 0 saturated carbocycles. The van der Waals surface area contributed by atoms with Crippen molar-refractivity contribution in [1.29, 1.82) is 0 Å². The van der Waals surface area contributed by atoms with Crippen LogP contribution in [0.3, 0.4) is 0 Å². The predicted octanol–water partition coefficient (Wildman–Crippen LogP) is 11.6. The Labute approximate surface area is 301 Å². The van der Waals surface area contributed by atoms with Gasteiger partial charge in [0, 0.05) is 4.43 Å². The summed E-state index contributed by atoms with van der Waals surface area (Å²) in [5.41, 5.74) is -1.13. The summed E-state index contributed by atoms with van der Waals surface area (Å²) in [6, 6.07) is 13.7. The number of carbonyl (C=O) groups is 1. The minimum Gasteiger partial charge on any atom is -0.439 e. The normalized spacial score (nSPS) is 17.2. The SMILES string of the molecule is Cc1cc(C(C)(C)O)ccc1-c1ccc(CI)c(-c2ccc(C(F)(F)F)cc2CN2C(=O)O[C@H](c3cc(C(F)(F)F)cc(C(F)(F)F)c3)[C@@H]2C)c1. The van der Waals surface area contributed by atoms with E-state index in [-0.39, 0.29) is 11.6 Å². The molecule has 272 valence electrons. The fraction of sp³-hybridized carbons (Fsp3) is 0.324. The maximum atomic E-state index is 14.0. The van der Waals surface area contributed by atoms with Crippen molar-refractivity contribution < 1.29 is 54.2 Å². The summed E-state index contributed by atoms with van der Waals surface area (Å²) in [4.78, 5) is 14.2. The van der Waals surface area contributed by atoms with Gasteiger partial charge in [0.15, 0.2) is 0 Å². The number of ether oxygens (including phenoxy) is 1. The first kappa shape index (κ1) is 38.4. The summed E-state index contributed by atoms with van der Waals surface area (Å²) >= 11 is 2.11. The molecule has 51 heavy (non-hydrogen) atoms. The van der Waals surface area contributed by atoms with Gasteiger partial charge in [-0.05, 0) is 114 Å². The maximum Gasteiger partial charge on any atom is 0.416 e. The zero-order chi connectivity index (χ0) is 37.8. The summed E-state index contributed by atoms with van der Waals surface area (Å²) in [5, 5.41) is 10.5. The van der Waals surface area contributed by atoms with E-state index in [0.29, 0.717) is 33.3 Å². The number of benzene rings is 4. The first-order valence-electron chi connectivity index (χ1n) is 15.5. The second-order valence-electron chi connectivity index (χ2n) is 13.0. The van der Waals surface area contributed by atoms with Crippen LogP contribution in [0.2, 0.25) is 0 Å². The molecule has 1 heterocycles. The minimum absolute atomic E-state index is 0.0339. The number of alkyl halides is 10. The second kappa shape index (κ2) is 13.6. The molecule has 2 atom stereocenters. The molecular weight excluding hydrogens is 804 g/mol. The summed E-state index contributed by atoms with van der Waals surface area (Å²) in [6.07, 6.45) is -17.8. The molecule has 0 aromatic heterocycles. The smallest absolute Gasteiger partial charge is 0.416 e. The molecule has 14 heteroatoms. The Morgan fingerprint density at radius 2 is 1.27 bits per heavy atom. The third kappa shape index (κ3) is 8.16. The highest BCUT2D eigenvalue weighted by molar-refractivity contribution is 14.1. The molecule has 1 N–H and O–H groups in total. The quantitative estimate of drug-likeness (QED) is 0.115. The van der Waals surface area contributed by atoms with Crippen LogP contribution >= 0.6 is 22.6 Å². The van der Waals surface area contributed by atoms with Crippen molar-refractivity contribution in [3.8, 4) is 22.3 Å². The first-order chi connectivity index (χ1) is 23.5. The molecule has 5 rings (SSSR count). The molecule has 1 amide bonds. The van der Waals surface area contributed by atoms with Gasteiger partial charge in [-0.2, -0.15) is 39.5 Å². The Bertz CT molecular complexity index is 1930. The first-order valence-corrected chi connectivity index (χ1v) is 17.0. The van der Waals surface area contributed by atoms with E-state index in [1.54, 1.807) is 19.9 Å². The average molecular weight is 836 g/mol. The zero-order valence-corrected chi connectivity index (χ0v) is 29.6. The highest BCUT2D eigenvalue weighted by Gasteiger charge is 2.44. The van der Waals surface area contributed by atoms with Gasteiger partial charge in [-0.25, -0.2) is 4.79 Å². The van der Waals surface area contributed by atoms with Crippen LogP contribution in [0.25, 0.3) is 22.3 Å². The lowest BCUT2D eigenvalue weighted by atomic mass is 9.88. The molecule has 0 aliphatic carbocycles. The number of aliphatic hydroxyl groups is 1. The van der Waals surface area contributed by atoms with Gasteiger partial charge < -0.3 is 9.84 Å². The van der Waals surface area contributed by atoms with E-state index in [0.717, 1.165) is 39.3 Å². The van der Waals surface area contributed by atoms with Crippen LogP contribution in [-0.4, -0.2) is 22.1 Å². The van der Waals surface area contributed by atoms with Crippen molar-refractivity contribution in [2.75, 3.05) is 0 Å². The second-order valence-corrected chi connectivity index (χ2v) is 13.7. The van der Waals surface area contributed by atoms with E-state index in [4.69, 9.17) is 4.74 Å². The summed E-state index contributed by atoms with van der Waals surface area (Å²) in [7, 11) is 0. The lowest BCUT2D eigenvalue weighted by Gasteiger charge is -2.24. The summed E-state index contributed by atoms with van der Waals surface area (Å²) in [5.74, 6) is 0. The van der Waals surface area contributed by atoms with Crippen molar-refractivity contribution >= 4 is 28.7 Å². The number of hydrogen-bond donors (Lipinski definition) is 1. The van der Waals surface area contributed by atoms with E-state index in [2.05, 4.69) is 22.6 Å². The van der Waals surface area contributed by atoms with Gasteiger partial charge in [0.25, 0.3) is 0 Å². The Hall–Kier alpha value is -3.79. The molecular formula is C37H31F9INO3. The molecule has 1 aliphatic heterocycles. The molecule has 4 nitrogen and oxygen atoms in total. The van der Waals surface area contributed by atoms with Gasteiger partial charge >= 0.3 is 24.6 Å². The van der Waals surface area contributed by atoms with Crippen LogP contribution in [0.5, 0.6) is 0 Å². The third-order valence-electron chi connectivity index (χ3n) is 8.89. The number of rotatable bonds is 7. The van der Waals surface area contributed by atoms with Crippen LogP contribution in [0.4, 0.5) is 44.3 Å². The molecule has 4 aromatic carbocycles. The average Bonchev–Trinajstić information content (AvgIpc) is 3.31. The number of halogens is 10. The highest BCUT2D eigenvalue weighted by Crippen LogP contribution is 2.43. The number of amides is 1. The van der Waals surface area contributed by atoms with Gasteiger partial charge in [-0.1, -0.05) is 59.0 Å². The van der Waals surface area contributed by atoms with Crippen molar-refractivity contribution in [1.82, 2.24) is 4.90 Å². The van der Waals surface area contributed by atoms with Gasteiger partial charge in [0.05, 0.1) is 34.9 Å². The molecule has 1 fully saturated rings. The molecule has 0 spiro atoms.